The van der Waals surface area contributed by atoms with Gasteiger partial charge in [-0.05, 0) is 33.6 Å². The first-order valence-electron chi connectivity index (χ1n) is 4.99. The van der Waals surface area contributed by atoms with Gasteiger partial charge < -0.3 is 5.73 Å². The van der Waals surface area contributed by atoms with Crippen LogP contribution in [-0.2, 0) is 13.5 Å². The standard InChI is InChI=1S/C11H13BrN4/c1-16-3-2-10(15-16)5-11(13)8-4-9(12)7-14-6-8/h2-4,6-7,11H,5,13H2,1H3. The number of nitrogens with zero attached hydrogens (tertiary/aromatic N) is 3. The Bertz CT molecular complexity index is 480. The molecule has 2 N–H and O–H groups in total. The lowest BCUT2D eigenvalue weighted by Crippen LogP contribution is -2.14. The molecular weight excluding hydrogens is 268 g/mol. The maximum absolute atomic E-state index is 6.10. The first-order valence-corrected chi connectivity index (χ1v) is 5.79. The summed E-state index contributed by atoms with van der Waals surface area (Å²) in [7, 11) is 1.90. The zero-order chi connectivity index (χ0) is 11.5. The fourth-order valence-electron chi connectivity index (χ4n) is 1.55. The van der Waals surface area contributed by atoms with Crippen LogP contribution >= 0.6 is 15.9 Å². The van der Waals surface area contributed by atoms with Crippen molar-refractivity contribution in [2.45, 2.75) is 12.5 Å². The van der Waals surface area contributed by atoms with Gasteiger partial charge in [-0.2, -0.15) is 5.10 Å². The highest BCUT2D eigenvalue weighted by Gasteiger charge is 2.09. The molecule has 84 valence electrons. The van der Waals surface area contributed by atoms with E-state index in [1.54, 1.807) is 17.1 Å². The Morgan fingerprint density at radius 1 is 1.50 bits per heavy atom. The monoisotopic (exact) mass is 280 g/mol. The second-order valence-electron chi connectivity index (χ2n) is 3.73. The van der Waals surface area contributed by atoms with Crippen molar-refractivity contribution < 1.29 is 0 Å². The van der Waals surface area contributed by atoms with E-state index in [4.69, 9.17) is 5.73 Å². The molecule has 16 heavy (non-hydrogen) atoms. The third-order valence-corrected chi connectivity index (χ3v) is 2.79. The normalized spacial score (nSPS) is 12.7. The van der Waals surface area contributed by atoms with Crippen LogP contribution in [0.4, 0.5) is 0 Å². The topological polar surface area (TPSA) is 56.7 Å². The minimum Gasteiger partial charge on any atom is -0.324 e. The van der Waals surface area contributed by atoms with Crippen LogP contribution in [0.5, 0.6) is 0 Å². The van der Waals surface area contributed by atoms with Crippen molar-refractivity contribution in [3.05, 3.63) is 46.5 Å². The third kappa shape index (κ3) is 2.68. The molecule has 2 aromatic heterocycles. The summed E-state index contributed by atoms with van der Waals surface area (Å²) in [5, 5.41) is 4.30. The zero-order valence-corrected chi connectivity index (χ0v) is 10.6. The summed E-state index contributed by atoms with van der Waals surface area (Å²) in [6, 6.07) is 3.89. The van der Waals surface area contributed by atoms with Crippen molar-refractivity contribution in [2.75, 3.05) is 0 Å². The number of aromatic nitrogens is 3. The Balaban J connectivity index is 2.11. The molecule has 2 heterocycles. The molecule has 5 heteroatoms. The van der Waals surface area contributed by atoms with E-state index < -0.39 is 0 Å². The molecule has 0 aromatic carbocycles. The minimum atomic E-state index is -0.0695. The SMILES string of the molecule is Cn1ccc(CC(N)c2cncc(Br)c2)n1. The molecule has 0 radical (unpaired) electrons. The minimum absolute atomic E-state index is 0.0695. The summed E-state index contributed by atoms with van der Waals surface area (Å²) >= 11 is 3.38. The average Bonchev–Trinajstić information content (AvgIpc) is 2.64. The van der Waals surface area contributed by atoms with Gasteiger partial charge in [-0.25, -0.2) is 0 Å². The predicted molar refractivity (Wildman–Crippen MR) is 65.8 cm³/mol. The summed E-state index contributed by atoms with van der Waals surface area (Å²) < 4.78 is 2.72. The molecule has 0 saturated heterocycles. The maximum Gasteiger partial charge on any atom is 0.0643 e. The van der Waals surface area contributed by atoms with E-state index in [9.17, 15) is 0 Å². The van der Waals surface area contributed by atoms with Crippen LogP contribution in [0, 0.1) is 0 Å². The molecule has 1 atom stereocenters. The van der Waals surface area contributed by atoms with Gasteiger partial charge in [0.1, 0.15) is 0 Å². The van der Waals surface area contributed by atoms with E-state index in [0.29, 0.717) is 0 Å². The van der Waals surface area contributed by atoms with Crippen molar-refractivity contribution >= 4 is 15.9 Å². The lowest BCUT2D eigenvalue weighted by molar-refractivity contribution is 0.673. The number of halogens is 1. The van der Waals surface area contributed by atoms with Crippen LogP contribution in [-0.4, -0.2) is 14.8 Å². The van der Waals surface area contributed by atoms with Crippen LogP contribution in [0.2, 0.25) is 0 Å². The fraction of sp³-hybridized carbons (Fsp3) is 0.273. The van der Waals surface area contributed by atoms with Crippen molar-refractivity contribution in [3.63, 3.8) is 0 Å². The molecular formula is C11H13BrN4. The van der Waals surface area contributed by atoms with Gasteiger partial charge in [0.25, 0.3) is 0 Å². The van der Waals surface area contributed by atoms with E-state index in [2.05, 4.69) is 26.0 Å². The first kappa shape index (κ1) is 11.3. The van der Waals surface area contributed by atoms with Gasteiger partial charge in [0.05, 0.1) is 5.69 Å². The zero-order valence-electron chi connectivity index (χ0n) is 8.97. The smallest absolute Gasteiger partial charge is 0.0643 e. The number of rotatable bonds is 3. The highest BCUT2D eigenvalue weighted by molar-refractivity contribution is 9.10. The Kier molecular flexibility index (Phi) is 3.36. The second kappa shape index (κ2) is 4.76. The van der Waals surface area contributed by atoms with Crippen molar-refractivity contribution in [2.24, 2.45) is 12.8 Å². The summed E-state index contributed by atoms with van der Waals surface area (Å²) in [4.78, 5) is 4.10. The van der Waals surface area contributed by atoms with E-state index in [-0.39, 0.29) is 6.04 Å². The molecule has 0 spiro atoms. The highest BCUT2D eigenvalue weighted by atomic mass is 79.9. The van der Waals surface area contributed by atoms with E-state index in [1.807, 2.05) is 25.4 Å². The molecule has 1 unspecified atom stereocenters. The van der Waals surface area contributed by atoms with Crippen molar-refractivity contribution in [1.82, 2.24) is 14.8 Å². The van der Waals surface area contributed by atoms with Gasteiger partial charge in [0, 0.05) is 42.6 Å². The van der Waals surface area contributed by atoms with Crippen LogP contribution < -0.4 is 5.73 Å². The number of hydrogen-bond acceptors (Lipinski definition) is 3. The number of nitrogens with two attached hydrogens (primary N) is 1. The molecule has 0 aliphatic rings. The van der Waals surface area contributed by atoms with Gasteiger partial charge in [-0.1, -0.05) is 0 Å². The van der Waals surface area contributed by atoms with Crippen LogP contribution in [0.15, 0.2) is 35.2 Å². The Morgan fingerprint density at radius 3 is 2.94 bits per heavy atom. The molecule has 2 rings (SSSR count). The molecule has 0 aliphatic carbocycles. The highest BCUT2D eigenvalue weighted by Crippen LogP contribution is 2.17. The van der Waals surface area contributed by atoms with Crippen LogP contribution in [0.1, 0.15) is 17.3 Å². The summed E-state index contributed by atoms with van der Waals surface area (Å²) in [6.07, 6.45) is 6.18. The van der Waals surface area contributed by atoms with Crippen molar-refractivity contribution in [3.8, 4) is 0 Å². The Hall–Kier alpha value is -1.20. The number of pyridine rings is 1. The Morgan fingerprint density at radius 2 is 2.31 bits per heavy atom. The Labute approximate surface area is 103 Å². The van der Waals surface area contributed by atoms with E-state index >= 15 is 0 Å². The van der Waals surface area contributed by atoms with Crippen molar-refractivity contribution in [1.29, 1.82) is 0 Å². The molecule has 0 bridgehead atoms. The second-order valence-corrected chi connectivity index (χ2v) is 4.64. The van der Waals surface area contributed by atoms with Crippen LogP contribution in [0.25, 0.3) is 0 Å². The van der Waals surface area contributed by atoms with Gasteiger partial charge in [-0.3, -0.25) is 9.67 Å². The predicted octanol–water partition coefficient (Wildman–Crippen LogP) is 1.82. The third-order valence-electron chi connectivity index (χ3n) is 2.35. The largest absolute Gasteiger partial charge is 0.324 e. The lowest BCUT2D eigenvalue weighted by atomic mass is 10.1. The lowest BCUT2D eigenvalue weighted by Gasteiger charge is -2.09. The van der Waals surface area contributed by atoms with Gasteiger partial charge in [0.2, 0.25) is 0 Å². The first-order chi connectivity index (χ1) is 7.65. The van der Waals surface area contributed by atoms with Gasteiger partial charge in [-0.15, -0.1) is 0 Å². The maximum atomic E-state index is 6.10. The molecule has 0 fully saturated rings. The molecule has 2 aromatic rings. The van der Waals surface area contributed by atoms with Crippen LogP contribution in [0.3, 0.4) is 0 Å². The number of aryl methyl sites for hydroxylation is 1. The summed E-state index contributed by atoms with van der Waals surface area (Å²) in [6.45, 7) is 0. The molecule has 4 nitrogen and oxygen atoms in total. The quantitative estimate of drug-likeness (QED) is 0.933. The van der Waals surface area contributed by atoms with Gasteiger partial charge in [0.15, 0.2) is 0 Å². The molecule has 0 aliphatic heterocycles. The van der Waals surface area contributed by atoms with Gasteiger partial charge >= 0.3 is 0 Å². The number of hydrogen-bond donors (Lipinski definition) is 1. The summed E-state index contributed by atoms with van der Waals surface area (Å²) in [5.41, 5.74) is 8.10. The molecule has 0 saturated carbocycles. The molecule has 0 amide bonds. The van der Waals surface area contributed by atoms with E-state index in [0.717, 1.165) is 22.2 Å². The summed E-state index contributed by atoms with van der Waals surface area (Å²) in [5.74, 6) is 0. The fourth-order valence-corrected chi connectivity index (χ4v) is 1.93. The van der Waals surface area contributed by atoms with E-state index in [1.165, 1.54) is 0 Å². The average molecular weight is 281 g/mol.